The molecule has 32 heavy (non-hydrogen) atoms. The second kappa shape index (κ2) is 8.50. The highest BCUT2D eigenvalue weighted by atomic mass is 19.1. The van der Waals surface area contributed by atoms with Gasteiger partial charge in [0, 0.05) is 6.54 Å². The number of primary amides is 1. The summed E-state index contributed by atoms with van der Waals surface area (Å²) in [6, 6.07) is 11.5. The maximum atomic E-state index is 13.5. The number of anilines is 1. The first-order valence-electron chi connectivity index (χ1n) is 9.69. The minimum Gasteiger partial charge on any atom is -0.491 e. The van der Waals surface area contributed by atoms with E-state index in [1.807, 2.05) is 0 Å². The summed E-state index contributed by atoms with van der Waals surface area (Å²) in [6.07, 6.45) is 0. The van der Waals surface area contributed by atoms with Gasteiger partial charge in [-0.3, -0.25) is 4.79 Å². The third-order valence-electron chi connectivity index (χ3n) is 4.88. The van der Waals surface area contributed by atoms with Crippen LogP contribution in [-0.4, -0.2) is 39.6 Å². The molecule has 2 aromatic carbocycles. The molecular formula is C22H21FN6O3. The molecular weight excluding hydrogens is 415 g/mol. The summed E-state index contributed by atoms with van der Waals surface area (Å²) in [6.45, 7) is 2.09. The Morgan fingerprint density at radius 3 is 2.59 bits per heavy atom. The predicted molar refractivity (Wildman–Crippen MR) is 117 cm³/mol. The molecule has 2 aromatic heterocycles. The molecule has 10 heteroatoms. The third kappa shape index (κ3) is 3.78. The number of fused-ring (bicyclic) bond motifs is 1. The van der Waals surface area contributed by atoms with E-state index in [1.165, 1.54) is 26.4 Å². The number of hydrogen-bond acceptors (Lipinski definition) is 7. The van der Waals surface area contributed by atoms with Crippen LogP contribution in [0.4, 0.5) is 10.2 Å². The number of para-hydroxylation sites is 1. The van der Waals surface area contributed by atoms with Gasteiger partial charge in [-0.2, -0.15) is 9.97 Å². The lowest BCUT2D eigenvalue weighted by Crippen LogP contribution is -2.12. The third-order valence-corrected chi connectivity index (χ3v) is 4.88. The summed E-state index contributed by atoms with van der Waals surface area (Å²) in [7, 11) is 2.98. The number of nitrogens with zero attached hydrogens (tertiary/aromatic N) is 4. The van der Waals surface area contributed by atoms with Gasteiger partial charge < -0.3 is 20.5 Å². The molecule has 0 saturated heterocycles. The second-order valence-corrected chi connectivity index (χ2v) is 6.95. The Hall–Kier alpha value is -4.21. The number of imidazole rings is 1. The van der Waals surface area contributed by atoms with Crippen molar-refractivity contribution >= 4 is 22.8 Å². The molecule has 9 nitrogen and oxygen atoms in total. The number of nitrogens with one attached hydrogen (secondary N) is 1. The molecule has 164 valence electrons. The van der Waals surface area contributed by atoms with Gasteiger partial charge >= 0.3 is 6.01 Å². The summed E-state index contributed by atoms with van der Waals surface area (Å²) < 4.78 is 26.0. The van der Waals surface area contributed by atoms with Crippen LogP contribution in [0.2, 0.25) is 0 Å². The Morgan fingerprint density at radius 2 is 1.91 bits per heavy atom. The second-order valence-electron chi connectivity index (χ2n) is 6.95. The van der Waals surface area contributed by atoms with Gasteiger partial charge in [0.05, 0.1) is 31.0 Å². The van der Waals surface area contributed by atoms with Gasteiger partial charge in [0.25, 0.3) is 5.91 Å². The summed E-state index contributed by atoms with van der Waals surface area (Å²) in [5.41, 5.74) is 7.99. The van der Waals surface area contributed by atoms with Crippen molar-refractivity contribution < 1.29 is 18.7 Å². The van der Waals surface area contributed by atoms with E-state index in [4.69, 9.17) is 15.2 Å². The van der Waals surface area contributed by atoms with Gasteiger partial charge in [0.2, 0.25) is 5.95 Å². The van der Waals surface area contributed by atoms with E-state index in [2.05, 4.69) is 20.3 Å². The number of carbonyl (C=O) groups is 1. The van der Waals surface area contributed by atoms with Crippen LogP contribution in [0.3, 0.4) is 0 Å². The van der Waals surface area contributed by atoms with Crippen LogP contribution in [-0.2, 0) is 6.54 Å². The van der Waals surface area contributed by atoms with Crippen molar-refractivity contribution in [2.45, 2.75) is 13.5 Å². The van der Waals surface area contributed by atoms with Gasteiger partial charge in [-0.15, -0.1) is 0 Å². The lowest BCUT2D eigenvalue weighted by Gasteiger charge is -2.15. The Labute approximate surface area is 183 Å². The molecule has 0 fully saturated rings. The van der Waals surface area contributed by atoms with Crippen molar-refractivity contribution in [1.82, 2.24) is 19.5 Å². The number of hydrogen-bond donors (Lipinski definition) is 2. The summed E-state index contributed by atoms with van der Waals surface area (Å²) in [4.78, 5) is 25.4. The highest BCUT2D eigenvalue weighted by Crippen LogP contribution is 2.31. The number of nitrogens with two attached hydrogens (primary N) is 1. The molecule has 0 atom stereocenters. The first-order valence-corrected chi connectivity index (χ1v) is 9.69. The Bertz CT molecular complexity index is 1320. The van der Waals surface area contributed by atoms with Crippen molar-refractivity contribution in [3.05, 3.63) is 65.1 Å². The van der Waals surface area contributed by atoms with E-state index < -0.39 is 5.91 Å². The largest absolute Gasteiger partial charge is 0.491 e. The zero-order chi connectivity index (χ0) is 22.8. The Kier molecular flexibility index (Phi) is 5.59. The Morgan fingerprint density at radius 1 is 1.12 bits per heavy atom. The van der Waals surface area contributed by atoms with Crippen LogP contribution in [0.1, 0.15) is 21.6 Å². The highest BCUT2D eigenvalue weighted by molar-refractivity contribution is 6.04. The molecule has 4 aromatic rings. The first-order chi connectivity index (χ1) is 15.4. The topological polar surface area (TPSA) is 117 Å². The molecule has 0 unspecified atom stereocenters. The fourth-order valence-electron chi connectivity index (χ4n) is 3.45. The van der Waals surface area contributed by atoms with Crippen LogP contribution < -0.4 is 20.5 Å². The zero-order valence-corrected chi connectivity index (χ0v) is 17.7. The van der Waals surface area contributed by atoms with Gasteiger partial charge in [-0.05, 0) is 36.8 Å². The molecule has 0 radical (unpaired) electrons. The van der Waals surface area contributed by atoms with Gasteiger partial charge in [-0.1, -0.05) is 18.2 Å². The van der Waals surface area contributed by atoms with E-state index in [0.29, 0.717) is 34.8 Å². The number of aryl methyl sites for hydroxylation is 1. The van der Waals surface area contributed by atoms with E-state index >= 15 is 0 Å². The molecule has 0 aliphatic rings. The molecule has 2 heterocycles. The van der Waals surface area contributed by atoms with E-state index in [1.54, 1.807) is 41.8 Å². The van der Waals surface area contributed by atoms with Crippen LogP contribution in [0, 0.1) is 12.7 Å². The molecule has 0 aliphatic heterocycles. The highest BCUT2D eigenvalue weighted by Gasteiger charge is 2.21. The number of benzene rings is 2. The minimum atomic E-state index is -0.604. The number of methoxy groups -OCH3 is 2. The molecule has 0 bridgehead atoms. The van der Waals surface area contributed by atoms with Gasteiger partial charge in [-0.25, -0.2) is 13.9 Å². The smallest absolute Gasteiger partial charge is 0.304 e. The summed E-state index contributed by atoms with van der Waals surface area (Å²) >= 11 is 0. The van der Waals surface area contributed by atoms with Crippen LogP contribution in [0.5, 0.6) is 11.8 Å². The van der Waals surface area contributed by atoms with Crippen molar-refractivity contribution in [3.8, 4) is 17.7 Å². The molecule has 1 amide bonds. The fourth-order valence-corrected chi connectivity index (χ4v) is 3.45. The van der Waals surface area contributed by atoms with Gasteiger partial charge in [0.1, 0.15) is 11.3 Å². The molecule has 3 N–H and O–H groups in total. The van der Waals surface area contributed by atoms with Crippen molar-refractivity contribution in [2.24, 2.45) is 5.73 Å². The van der Waals surface area contributed by atoms with Crippen molar-refractivity contribution in [1.29, 1.82) is 0 Å². The number of amides is 1. The summed E-state index contributed by atoms with van der Waals surface area (Å²) in [5, 5.41) is 3.17. The average Bonchev–Trinajstić information content (AvgIpc) is 3.16. The molecule has 4 rings (SSSR count). The molecule has 0 spiro atoms. The number of aromatic nitrogens is 4. The first kappa shape index (κ1) is 21.0. The Balaban J connectivity index is 1.83. The molecule has 0 saturated carbocycles. The van der Waals surface area contributed by atoms with Crippen molar-refractivity contribution in [2.75, 3.05) is 19.5 Å². The monoisotopic (exact) mass is 436 g/mol. The van der Waals surface area contributed by atoms with Crippen LogP contribution >= 0.6 is 0 Å². The lowest BCUT2D eigenvalue weighted by molar-refractivity contribution is 0.100. The minimum absolute atomic E-state index is 0.189. The quantitative estimate of drug-likeness (QED) is 0.457. The standard InChI is InChI=1S/C22H21FN6O3/c1-12-18(31-2)20(25-11-13-6-4-7-14(23)10-13)28-21(26-12)29-16-9-5-8-15(19(24)30)17(16)27-22(29)32-3/h4-10H,11H2,1-3H3,(H2,24,30)(H,25,26,28). The van der Waals surface area contributed by atoms with Gasteiger partial charge in [0.15, 0.2) is 11.6 Å². The van der Waals surface area contributed by atoms with Crippen LogP contribution in [0.25, 0.3) is 17.0 Å². The number of ether oxygens (including phenoxy) is 2. The maximum Gasteiger partial charge on any atom is 0.304 e. The normalized spacial score (nSPS) is 10.9. The molecule has 0 aliphatic carbocycles. The average molecular weight is 436 g/mol. The number of halogens is 1. The maximum absolute atomic E-state index is 13.5. The van der Waals surface area contributed by atoms with E-state index in [-0.39, 0.29) is 23.3 Å². The number of rotatable bonds is 7. The predicted octanol–water partition coefficient (Wildman–Crippen LogP) is 2.99. The summed E-state index contributed by atoms with van der Waals surface area (Å²) in [5.74, 6) is 0.189. The number of carbonyl (C=O) groups excluding carboxylic acids is 1. The lowest BCUT2D eigenvalue weighted by atomic mass is 10.2. The fraction of sp³-hybridized carbons (Fsp3) is 0.182. The van der Waals surface area contributed by atoms with Crippen molar-refractivity contribution in [3.63, 3.8) is 0 Å². The SMILES string of the molecule is COc1c(C)nc(-n2c(OC)nc3c(C(N)=O)cccc32)nc1NCc1cccc(F)c1. The van der Waals surface area contributed by atoms with E-state index in [0.717, 1.165) is 5.56 Å². The van der Waals surface area contributed by atoms with Crippen LogP contribution in [0.15, 0.2) is 42.5 Å². The zero-order valence-electron chi connectivity index (χ0n) is 17.7. The van der Waals surface area contributed by atoms with E-state index in [9.17, 15) is 9.18 Å².